The Kier molecular flexibility index (Phi) is 5.18. The Hall–Kier alpha value is -1.76. The molecule has 0 bridgehead atoms. The second-order valence-corrected chi connectivity index (χ2v) is 7.93. The summed E-state index contributed by atoms with van der Waals surface area (Å²) in [7, 11) is 3.88. The van der Waals surface area contributed by atoms with Gasteiger partial charge in [-0.25, -0.2) is 4.79 Å². The number of carbonyl (C=O) groups excluding carboxylic acids is 1. The minimum atomic E-state index is -0.0294. The Balaban J connectivity index is 0.00000105. The minimum Gasteiger partial charge on any atom is -0.459 e. The summed E-state index contributed by atoms with van der Waals surface area (Å²) < 4.78 is 6.32. The number of urea groups is 1. The van der Waals surface area contributed by atoms with Crippen LogP contribution in [-0.4, -0.2) is 65.5 Å². The quantitative estimate of drug-likeness (QED) is 0.690. The molecular weight excluding hydrogens is 366 g/mol. The van der Waals surface area contributed by atoms with E-state index in [-0.39, 0.29) is 29.5 Å². The molecule has 2 unspecified atom stereocenters. The van der Waals surface area contributed by atoms with Crippen molar-refractivity contribution in [2.24, 2.45) is 0 Å². The van der Waals surface area contributed by atoms with Crippen LogP contribution in [0.3, 0.4) is 0 Å². The topological polar surface area (TPSA) is 71.4 Å². The fourth-order valence-electron chi connectivity index (χ4n) is 5.15. The largest absolute Gasteiger partial charge is 0.459 e. The summed E-state index contributed by atoms with van der Waals surface area (Å²) >= 11 is 0. The second-order valence-electron chi connectivity index (χ2n) is 7.93. The summed E-state index contributed by atoms with van der Waals surface area (Å²) in [4.78, 5) is 19.0. The van der Waals surface area contributed by atoms with Gasteiger partial charge < -0.3 is 19.7 Å². The minimum absolute atomic E-state index is 0. The summed E-state index contributed by atoms with van der Waals surface area (Å²) in [5.74, 6) is 1.14. The number of carbonyl (C=O) groups is 1. The highest BCUT2D eigenvalue weighted by molar-refractivity contribution is 5.85. The van der Waals surface area contributed by atoms with Gasteiger partial charge in [0, 0.05) is 50.2 Å². The van der Waals surface area contributed by atoms with Gasteiger partial charge in [0.15, 0.2) is 0 Å². The Labute approximate surface area is 165 Å². The predicted molar refractivity (Wildman–Crippen MR) is 107 cm³/mol. The summed E-state index contributed by atoms with van der Waals surface area (Å²) in [6.45, 7) is 2.99. The van der Waals surface area contributed by atoms with Crippen molar-refractivity contribution in [2.45, 2.75) is 37.3 Å². The van der Waals surface area contributed by atoms with Gasteiger partial charge in [-0.3, -0.25) is 4.90 Å². The first-order valence-electron chi connectivity index (χ1n) is 9.32. The van der Waals surface area contributed by atoms with Gasteiger partial charge in [-0.15, -0.1) is 12.4 Å². The van der Waals surface area contributed by atoms with Crippen LogP contribution in [0, 0.1) is 0 Å². The van der Waals surface area contributed by atoms with E-state index in [1.54, 1.807) is 0 Å². The van der Waals surface area contributed by atoms with E-state index >= 15 is 0 Å². The van der Waals surface area contributed by atoms with E-state index in [1.807, 2.05) is 30.0 Å². The van der Waals surface area contributed by atoms with Crippen LogP contribution in [0.5, 0.6) is 0 Å². The number of fused-ring (bicyclic) bond motifs is 5. The number of amides is 2. The van der Waals surface area contributed by atoms with Crippen molar-refractivity contribution in [1.29, 1.82) is 0 Å². The second kappa shape index (κ2) is 7.00. The molecule has 1 spiro atoms. The van der Waals surface area contributed by atoms with Crippen LogP contribution in [0.4, 0.5) is 4.79 Å². The molecule has 2 atom stereocenters. The maximum absolute atomic E-state index is 12.6. The Morgan fingerprint density at radius 2 is 1.85 bits per heavy atom. The van der Waals surface area contributed by atoms with Crippen molar-refractivity contribution in [1.82, 2.24) is 14.7 Å². The molecule has 148 valence electrons. The number of benzene rings is 1. The summed E-state index contributed by atoms with van der Waals surface area (Å²) in [5, 5.41) is 1.27. The molecular formula is C20H28ClN3O3. The highest BCUT2D eigenvalue weighted by Crippen LogP contribution is 2.47. The van der Waals surface area contributed by atoms with E-state index in [0.29, 0.717) is 6.04 Å². The van der Waals surface area contributed by atoms with Crippen LogP contribution in [0.25, 0.3) is 11.0 Å². The molecule has 1 aromatic carbocycles. The van der Waals surface area contributed by atoms with Crippen molar-refractivity contribution < 1.29 is 14.7 Å². The lowest BCUT2D eigenvalue weighted by atomic mass is 9.76. The van der Waals surface area contributed by atoms with Gasteiger partial charge in [-0.05, 0) is 31.7 Å². The number of hydrogen-bond donors (Lipinski definition) is 0. The third-order valence-corrected chi connectivity index (χ3v) is 6.80. The maximum Gasteiger partial charge on any atom is 0.319 e. The summed E-state index contributed by atoms with van der Waals surface area (Å²) in [5.41, 5.74) is 2.36. The van der Waals surface area contributed by atoms with Crippen molar-refractivity contribution in [2.75, 3.05) is 33.7 Å². The molecule has 1 aromatic heterocycles. The normalized spacial score (nSPS) is 27.8. The zero-order valence-electron chi connectivity index (χ0n) is 15.9. The molecule has 6 nitrogen and oxygen atoms in total. The summed E-state index contributed by atoms with van der Waals surface area (Å²) in [6.07, 6.45) is 4.16. The third-order valence-electron chi connectivity index (χ3n) is 6.80. The summed E-state index contributed by atoms with van der Waals surface area (Å²) in [6, 6.07) is 8.83. The Bertz CT molecular complexity index is 854. The average Bonchev–Trinajstić information content (AvgIpc) is 3.03. The van der Waals surface area contributed by atoms with Crippen molar-refractivity contribution in [3.05, 3.63) is 35.6 Å². The number of piperidine rings is 1. The number of nitrogens with zero attached hydrogens (tertiary/aromatic N) is 3. The van der Waals surface area contributed by atoms with Gasteiger partial charge in [0.1, 0.15) is 11.3 Å². The SMILES string of the molecule is CN1CCC2(CCN3CCc4c(oc5ccccc45)C3C2)N(C)C1=O.Cl.O. The monoisotopic (exact) mass is 393 g/mol. The van der Waals surface area contributed by atoms with Crippen molar-refractivity contribution >= 4 is 29.4 Å². The number of rotatable bonds is 0. The van der Waals surface area contributed by atoms with E-state index in [9.17, 15) is 4.79 Å². The first-order chi connectivity index (χ1) is 12.1. The van der Waals surface area contributed by atoms with Gasteiger partial charge >= 0.3 is 6.03 Å². The smallest absolute Gasteiger partial charge is 0.319 e. The van der Waals surface area contributed by atoms with E-state index in [1.165, 1.54) is 10.9 Å². The molecule has 4 heterocycles. The fraction of sp³-hybridized carbons (Fsp3) is 0.550. The highest BCUT2D eigenvalue weighted by atomic mass is 35.5. The van der Waals surface area contributed by atoms with Crippen LogP contribution >= 0.6 is 12.4 Å². The first-order valence-corrected chi connectivity index (χ1v) is 9.32. The zero-order valence-corrected chi connectivity index (χ0v) is 16.7. The van der Waals surface area contributed by atoms with Gasteiger partial charge in [0.25, 0.3) is 0 Å². The molecule has 5 rings (SSSR count). The lowest BCUT2D eigenvalue weighted by Crippen LogP contribution is -2.63. The standard InChI is InChI=1S/C20H25N3O2.ClH.H2O/c1-21-11-8-20(22(2)19(21)24)9-12-23-10-7-15-14-5-3-4-6-17(14)25-18(15)16(23)13-20;;/h3-6,16H,7-13H2,1-2H3;1H;1H2. The Morgan fingerprint density at radius 1 is 1.11 bits per heavy atom. The van der Waals surface area contributed by atoms with Crippen LogP contribution in [0.15, 0.2) is 28.7 Å². The molecule has 2 N–H and O–H groups in total. The molecule has 2 saturated heterocycles. The van der Waals surface area contributed by atoms with Crippen LogP contribution in [0.1, 0.15) is 36.6 Å². The highest BCUT2D eigenvalue weighted by Gasteiger charge is 2.49. The van der Waals surface area contributed by atoms with E-state index in [2.05, 4.69) is 23.1 Å². The molecule has 27 heavy (non-hydrogen) atoms. The molecule has 7 heteroatoms. The van der Waals surface area contributed by atoms with Gasteiger partial charge in [0.2, 0.25) is 0 Å². The van der Waals surface area contributed by atoms with Gasteiger partial charge in [-0.2, -0.15) is 0 Å². The van der Waals surface area contributed by atoms with Crippen molar-refractivity contribution in [3.63, 3.8) is 0 Å². The fourth-order valence-corrected chi connectivity index (χ4v) is 5.15. The molecule has 0 radical (unpaired) electrons. The number of para-hydroxylation sites is 1. The lowest BCUT2D eigenvalue weighted by molar-refractivity contribution is -0.0185. The maximum atomic E-state index is 12.6. The molecule has 2 fully saturated rings. The van der Waals surface area contributed by atoms with E-state index in [4.69, 9.17) is 4.42 Å². The average molecular weight is 394 g/mol. The first kappa shape index (κ1) is 20.0. The predicted octanol–water partition coefficient (Wildman–Crippen LogP) is 2.85. The molecule has 3 aliphatic heterocycles. The van der Waals surface area contributed by atoms with Crippen LogP contribution < -0.4 is 0 Å². The van der Waals surface area contributed by atoms with Crippen LogP contribution in [-0.2, 0) is 6.42 Å². The molecule has 3 aliphatic rings. The molecule has 2 aromatic rings. The third kappa shape index (κ3) is 2.82. The number of halogens is 1. The van der Waals surface area contributed by atoms with E-state index < -0.39 is 0 Å². The molecule has 0 aliphatic carbocycles. The Morgan fingerprint density at radius 3 is 2.67 bits per heavy atom. The zero-order chi connectivity index (χ0) is 17.2. The number of furan rings is 1. The number of hydrogen-bond acceptors (Lipinski definition) is 3. The molecule has 2 amide bonds. The van der Waals surface area contributed by atoms with Gasteiger partial charge in [0.05, 0.1) is 6.04 Å². The molecule has 0 saturated carbocycles. The lowest BCUT2D eigenvalue weighted by Gasteiger charge is -2.54. The van der Waals surface area contributed by atoms with E-state index in [0.717, 1.165) is 56.7 Å². The van der Waals surface area contributed by atoms with Crippen LogP contribution in [0.2, 0.25) is 0 Å². The van der Waals surface area contributed by atoms with Gasteiger partial charge in [-0.1, -0.05) is 18.2 Å². The van der Waals surface area contributed by atoms with Crippen molar-refractivity contribution in [3.8, 4) is 0 Å².